The van der Waals surface area contributed by atoms with Crippen LogP contribution >= 0.6 is 0 Å². The Morgan fingerprint density at radius 2 is 0.667 bits per heavy atom. The van der Waals surface area contributed by atoms with Crippen molar-refractivity contribution < 1.29 is 16.9 Å². The molecule has 1 unspecified atom stereocenters. The van der Waals surface area contributed by atoms with Gasteiger partial charge in [0, 0.05) is 0 Å². The summed E-state index contributed by atoms with van der Waals surface area (Å²) in [6, 6.07) is 0. The average Bonchev–Trinajstić information content (AvgIpc) is 2.65. The normalized spacial score (nSPS) is 13.3. The monoisotopic (exact) mass is 403 g/mol. The summed E-state index contributed by atoms with van der Waals surface area (Å²) in [7, 11) is 2.50. The Labute approximate surface area is 180 Å². The predicted molar refractivity (Wildman–Crippen MR) is 121 cm³/mol. The van der Waals surface area contributed by atoms with Crippen molar-refractivity contribution in [3.05, 3.63) is 0 Å². The van der Waals surface area contributed by atoms with Gasteiger partial charge in [-0.2, -0.15) is 0 Å². The van der Waals surface area contributed by atoms with Crippen molar-refractivity contribution in [2.24, 2.45) is 0 Å². The summed E-state index contributed by atoms with van der Waals surface area (Å²) in [6.07, 6.45) is 26.1. The molecule has 0 N–H and O–H groups in total. The Hall–Kier alpha value is 0.250. The van der Waals surface area contributed by atoms with Gasteiger partial charge in [-0.15, -0.1) is 0 Å². The third kappa shape index (κ3) is 20.8. The number of unbranched alkanes of at least 4 members (excludes halogenated alkanes) is 16. The maximum atomic E-state index is 2.50. The van der Waals surface area contributed by atoms with Gasteiger partial charge in [0.25, 0.3) is 0 Å². The van der Waals surface area contributed by atoms with Crippen LogP contribution in [-0.2, 0) is 0 Å². The lowest BCUT2D eigenvalue weighted by Gasteiger charge is -2.33. The van der Waals surface area contributed by atoms with Crippen LogP contribution in [0.5, 0.6) is 0 Å². The average molecular weight is 404 g/mol. The van der Waals surface area contributed by atoms with Crippen molar-refractivity contribution in [3.8, 4) is 0 Å². The summed E-state index contributed by atoms with van der Waals surface area (Å²) in [5.74, 6) is 0. The van der Waals surface area contributed by atoms with Crippen LogP contribution in [0.15, 0.2) is 0 Å². The molecule has 166 valence electrons. The minimum atomic E-state index is 0. The maximum Gasteiger partial charge on any atom is 0.0784 e. The molecule has 0 aliphatic rings. The quantitative estimate of drug-likeness (QED) is 0.175. The second-order valence-electron chi connectivity index (χ2n) is 9.04. The minimum Gasteiger partial charge on any atom is -1.00 e. The summed E-state index contributed by atoms with van der Waals surface area (Å²) < 4.78 is 1.31. The molecule has 27 heavy (non-hydrogen) atoms. The van der Waals surface area contributed by atoms with Crippen LogP contribution in [0.2, 0.25) is 0 Å². The second kappa shape index (κ2) is 22.5. The molecule has 1 nitrogen and oxygen atoms in total. The fraction of sp³-hybridized carbons (Fsp3) is 1.00. The maximum absolute atomic E-state index is 2.50. The van der Waals surface area contributed by atoms with Gasteiger partial charge in [0.2, 0.25) is 0 Å². The number of hydrogen-bond donors (Lipinski definition) is 0. The third-order valence-corrected chi connectivity index (χ3v) is 6.37. The van der Waals surface area contributed by atoms with Crippen LogP contribution in [0.3, 0.4) is 0 Å². The first-order valence-corrected chi connectivity index (χ1v) is 12.5. The number of rotatable bonds is 21. The molecule has 0 aliphatic heterocycles. The lowest BCUT2D eigenvalue weighted by Crippen LogP contribution is -3.00. The van der Waals surface area contributed by atoms with Crippen molar-refractivity contribution in [3.63, 3.8) is 0 Å². The van der Waals surface area contributed by atoms with E-state index in [0.717, 1.165) is 0 Å². The molecule has 0 radical (unpaired) electrons. The fourth-order valence-corrected chi connectivity index (χ4v) is 4.04. The second-order valence-corrected chi connectivity index (χ2v) is 9.04. The van der Waals surface area contributed by atoms with Crippen molar-refractivity contribution in [1.82, 2.24) is 0 Å². The zero-order chi connectivity index (χ0) is 19.3. The molecular formula is C25H54ClN. The van der Waals surface area contributed by atoms with Gasteiger partial charge < -0.3 is 16.9 Å². The molecule has 0 aliphatic carbocycles. The largest absolute Gasteiger partial charge is 1.00 e. The molecule has 0 heterocycles. The van der Waals surface area contributed by atoms with E-state index in [9.17, 15) is 0 Å². The summed E-state index contributed by atoms with van der Waals surface area (Å²) in [5.41, 5.74) is 0. The predicted octanol–water partition coefficient (Wildman–Crippen LogP) is 5.52. The smallest absolute Gasteiger partial charge is 0.0784 e. The van der Waals surface area contributed by atoms with E-state index in [-0.39, 0.29) is 12.4 Å². The van der Waals surface area contributed by atoms with Crippen molar-refractivity contribution >= 4 is 0 Å². The van der Waals surface area contributed by atoms with E-state index >= 15 is 0 Å². The Kier molecular flexibility index (Phi) is 24.6. The molecule has 0 aromatic heterocycles. The highest BCUT2D eigenvalue weighted by molar-refractivity contribution is 4.50. The first-order chi connectivity index (χ1) is 12.7. The molecule has 0 fully saturated rings. The van der Waals surface area contributed by atoms with E-state index in [2.05, 4.69) is 27.8 Å². The topological polar surface area (TPSA) is 0 Å². The van der Waals surface area contributed by atoms with Crippen LogP contribution in [0.25, 0.3) is 0 Å². The lowest BCUT2D eigenvalue weighted by atomic mass is 10.1. The molecule has 1 atom stereocenters. The van der Waals surface area contributed by atoms with Crippen molar-refractivity contribution in [2.45, 2.75) is 136 Å². The van der Waals surface area contributed by atoms with Gasteiger partial charge in [0.05, 0.1) is 26.7 Å². The molecule has 0 rings (SSSR count). The Bertz CT molecular complexity index is 269. The van der Waals surface area contributed by atoms with E-state index in [1.54, 1.807) is 0 Å². The summed E-state index contributed by atoms with van der Waals surface area (Å²) in [5, 5.41) is 0. The number of halogens is 1. The summed E-state index contributed by atoms with van der Waals surface area (Å²) in [4.78, 5) is 0. The third-order valence-electron chi connectivity index (χ3n) is 6.37. The Morgan fingerprint density at radius 3 is 0.926 bits per heavy atom. The molecule has 0 amide bonds. The van der Waals surface area contributed by atoms with Gasteiger partial charge in [-0.1, -0.05) is 104 Å². The Balaban J connectivity index is 0. The summed E-state index contributed by atoms with van der Waals surface area (Å²) in [6.45, 7) is 11.1. The van der Waals surface area contributed by atoms with Gasteiger partial charge >= 0.3 is 0 Å². The van der Waals surface area contributed by atoms with E-state index < -0.39 is 0 Å². The van der Waals surface area contributed by atoms with Crippen LogP contribution in [-0.4, -0.2) is 31.2 Å². The molecule has 0 aromatic carbocycles. The molecule has 2 heteroatoms. The Morgan fingerprint density at radius 1 is 0.407 bits per heavy atom. The summed E-state index contributed by atoms with van der Waals surface area (Å²) >= 11 is 0. The molecule has 0 aromatic rings. The van der Waals surface area contributed by atoms with Crippen LogP contribution < -0.4 is 12.4 Å². The number of quaternary nitrogens is 1. The van der Waals surface area contributed by atoms with Gasteiger partial charge in [-0.25, -0.2) is 0 Å². The van der Waals surface area contributed by atoms with Gasteiger partial charge in [0.1, 0.15) is 0 Å². The van der Waals surface area contributed by atoms with E-state index in [4.69, 9.17) is 0 Å². The van der Waals surface area contributed by atoms with Crippen LogP contribution in [0.1, 0.15) is 136 Å². The molecule has 0 spiro atoms. The minimum absolute atomic E-state index is 0. The first kappa shape index (κ1) is 29.5. The zero-order valence-electron chi connectivity index (χ0n) is 19.7. The van der Waals surface area contributed by atoms with E-state index in [0.29, 0.717) is 0 Å². The molecule has 0 saturated heterocycles. The molecule has 0 saturated carbocycles. The zero-order valence-corrected chi connectivity index (χ0v) is 20.4. The van der Waals surface area contributed by atoms with Gasteiger partial charge in [-0.05, 0) is 32.6 Å². The highest BCUT2D eigenvalue weighted by Crippen LogP contribution is 2.14. The van der Waals surface area contributed by atoms with Crippen molar-refractivity contribution in [1.29, 1.82) is 0 Å². The number of nitrogens with zero attached hydrogens (tertiary/aromatic N) is 1. The van der Waals surface area contributed by atoms with E-state index in [1.807, 2.05) is 0 Å². The highest BCUT2D eigenvalue weighted by atomic mass is 35.5. The van der Waals surface area contributed by atoms with Gasteiger partial charge in [0.15, 0.2) is 0 Å². The molecular weight excluding hydrogens is 350 g/mol. The molecule has 0 bridgehead atoms. The van der Waals surface area contributed by atoms with Crippen LogP contribution in [0, 0.1) is 0 Å². The SMILES string of the molecule is CCCCCCCCCCCC[N+](C)(CC)CCCCCCCCCC.[Cl-]. The van der Waals surface area contributed by atoms with E-state index in [1.165, 1.54) is 140 Å². The van der Waals surface area contributed by atoms with Crippen LogP contribution in [0.4, 0.5) is 0 Å². The fourth-order valence-electron chi connectivity index (χ4n) is 4.04. The first-order valence-electron chi connectivity index (χ1n) is 12.5. The van der Waals surface area contributed by atoms with Gasteiger partial charge in [-0.3, -0.25) is 0 Å². The highest BCUT2D eigenvalue weighted by Gasteiger charge is 2.17. The lowest BCUT2D eigenvalue weighted by molar-refractivity contribution is -0.908. The van der Waals surface area contributed by atoms with Crippen molar-refractivity contribution in [2.75, 3.05) is 26.7 Å². The number of hydrogen-bond acceptors (Lipinski definition) is 0. The standard InChI is InChI=1S/C25H54N.ClH/c1-5-8-10-12-14-16-17-19-21-23-25-26(4,7-3)24-22-20-18-15-13-11-9-6-2;/h5-25H2,1-4H3;1H/q+1;/p-1.